The summed E-state index contributed by atoms with van der Waals surface area (Å²) in [7, 11) is 0. The molecule has 19 heavy (non-hydrogen) atoms. The Bertz CT molecular complexity index is 658. The SMILES string of the molecule is CCC(Nc1cccc2cn[nH]c12)c1ccccc1. The van der Waals surface area contributed by atoms with Crippen molar-refractivity contribution in [3.8, 4) is 0 Å². The molecule has 1 atom stereocenters. The average molecular weight is 251 g/mol. The number of nitrogens with one attached hydrogen (secondary N) is 2. The molecule has 1 unspecified atom stereocenters. The van der Waals surface area contributed by atoms with Crippen LogP contribution in [0.3, 0.4) is 0 Å². The Hall–Kier alpha value is -2.29. The Labute approximate surface area is 112 Å². The molecular weight excluding hydrogens is 234 g/mol. The zero-order chi connectivity index (χ0) is 13.1. The number of aromatic nitrogens is 2. The van der Waals surface area contributed by atoms with Gasteiger partial charge in [-0.25, -0.2) is 0 Å². The molecule has 2 N–H and O–H groups in total. The number of hydrogen-bond acceptors (Lipinski definition) is 2. The number of rotatable bonds is 4. The minimum Gasteiger partial charge on any atom is -0.377 e. The van der Waals surface area contributed by atoms with Crippen LogP contribution in [0, 0.1) is 0 Å². The van der Waals surface area contributed by atoms with Crippen LogP contribution in [0.15, 0.2) is 54.7 Å². The molecule has 0 saturated heterocycles. The van der Waals surface area contributed by atoms with Crippen LogP contribution in [0.1, 0.15) is 24.9 Å². The minimum absolute atomic E-state index is 0.315. The number of aromatic amines is 1. The van der Waals surface area contributed by atoms with Gasteiger partial charge in [-0.15, -0.1) is 0 Å². The van der Waals surface area contributed by atoms with Crippen LogP contribution in [-0.4, -0.2) is 10.2 Å². The van der Waals surface area contributed by atoms with Crippen molar-refractivity contribution < 1.29 is 0 Å². The van der Waals surface area contributed by atoms with Crippen molar-refractivity contribution in [1.29, 1.82) is 0 Å². The Morgan fingerprint density at radius 3 is 2.74 bits per heavy atom. The average Bonchev–Trinajstić information content (AvgIpc) is 2.95. The van der Waals surface area contributed by atoms with Gasteiger partial charge in [-0.2, -0.15) is 5.10 Å². The van der Waals surface area contributed by atoms with E-state index in [1.54, 1.807) is 0 Å². The van der Waals surface area contributed by atoms with Crippen molar-refractivity contribution in [2.24, 2.45) is 0 Å². The molecule has 0 aliphatic carbocycles. The van der Waals surface area contributed by atoms with Crippen molar-refractivity contribution in [2.45, 2.75) is 19.4 Å². The summed E-state index contributed by atoms with van der Waals surface area (Å²) in [6.07, 6.45) is 2.89. The van der Waals surface area contributed by atoms with E-state index in [-0.39, 0.29) is 0 Å². The van der Waals surface area contributed by atoms with E-state index in [2.05, 4.69) is 64.9 Å². The molecule has 0 saturated carbocycles. The van der Waals surface area contributed by atoms with Crippen molar-refractivity contribution in [1.82, 2.24) is 10.2 Å². The van der Waals surface area contributed by atoms with Gasteiger partial charge in [0.2, 0.25) is 0 Å². The minimum atomic E-state index is 0.315. The van der Waals surface area contributed by atoms with Crippen LogP contribution in [-0.2, 0) is 0 Å². The fraction of sp³-hybridized carbons (Fsp3) is 0.188. The maximum atomic E-state index is 4.10. The van der Waals surface area contributed by atoms with Crippen LogP contribution in [0.2, 0.25) is 0 Å². The number of H-pyrrole nitrogens is 1. The van der Waals surface area contributed by atoms with Gasteiger partial charge in [0.15, 0.2) is 0 Å². The first kappa shape index (κ1) is 11.8. The fourth-order valence-corrected chi connectivity index (χ4v) is 2.38. The standard InChI is InChI=1S/C16H17N3/c1-2-14(12-7-4-3-5-8-12)18-15-10-6-9-13-11-17-19-16(13)15/h3-11,14,18H,2H2,1H3,(H,17,19). The normalized spacial score (nSPS) is 12.5. The first-order valence-electron chi connectivity index (χ1n) is 6.62. The van der Waals surface area contributed by atoms with E-state index in [9.17, 15) is 0 Å². The summed E-state index contributed by atoms with van der Waals surface area (Å²) in [6, 6.07) is 17.0. The third kappa shape index (κ3) is 2.32. The summed E-state index contributed by atoms with van der Waals surface area (Å²) < 4.78 is 0. The second kappa shape index (κ2) is 5.14. The number of hydrogen-bond donors (Lipinski definition) is 2. The van der Waals surface area contributed by atoms with Gasteiger partial charge < -0.3 is 5.32 Å². The van der Waals surface area contributed by atoms with Crippen molar-refractivity contribution >= 4 is 16.6 Å². The van der Waals surface area contributed by atoms with Crippen LogP contribution < -0.4 is 5.32 Å². The molecule has 0 bridgehead atoms. The van der Waals surface area contributed by atoms with E-state index in [1.807, 2.05) is 12.3 Å². The summed E-state index contributed by atoms with van der Waals surface area (Å²) in [5.74, 6) is 0. The lowest BCUT2D eigenvalue weighted by Gasteiger charge is -2.19. The first-order chi connectivity index (χ1) is 9.38. The van der Waals surface area contributed by atoms with Gasteiger partial charge in [0.05, 0.1) is 23.4 Å². The summed E-state index contributed by atoms with van der Waals surface area (Å²) >= 11 is 0. The molecule has 0 fully saturated rings. The van der Waals surface area contributed by atoms with E-state index in [4.69, 9.17) is 0 Å². The predicted octanol–water partition coefficient (Wildman–Crippen LogP) is 4.13. The van der Waals surface area contributed by atoms with E-state index in [1.165, 1.54) is 5.56 Å². The maximum Gasteiger partial charge on any atom is 0.0881 e. The Kier molecular flexibility index (Phi) is 3.19. The molecule has 3 heteroatoms. The largest absolute Gasteiger partial charge is 0.377 e. The van der Waals surface area contributed by atoms with Crippen molar-refractivity contribution in [3.63, 3.8) is 0 Å². The number of benzene rings is 2. The summed E-state index contributed by atoms with van der Waals surface area (Å²) in [5, 5.41) is 11.9. The van der Waals surface area contributed by atoms with Gasteiger partial charge >= 0.3 is 0 Å². The molecule has 0 aliphatic rings. The molecular formula is C16H17N3. The lowest BCUT2D eigenvalue weighted by molar-refractivity contribution is 0.750. The quantitative estimate of drug-likeness (QED) is 0.732. The molecule has 2 aromatic carbocycles. The predicted molar refractivity (Wildman–Crippen MR) is 79.2 cm³/mol. The second-order valence-electron chi connectivity index (χ2n) is 4.66. The molecule has 0 amide bonds. The zero-order valence-corrected chi connectivity index (χ0v) is 10.9. The van der Waals surface area contributed by atoms with Crippen molar-refractivity contribution in [2.75, 3.05) is 5.32 Å². The number of nitrogens with zero attached hydrogens (tertiary/aromatic N) is 1. The molecule has 0 spiro atoms. The summed E-state index contributed by atoms with van der Waals surface area (Å²) in [4.78, 5) is 0. The maximum absolute atomic E-state index is 4.10. The zero-order valence-electron chi connectivity index (χ0n) is 10.9. The highest BCUT2D eigenvalue weighted by Gasteiger charge is 2.10. The molecule has 3 aromatic rings. The Balaban J connectivity index is 1.93. The van der Waals surface area contributed by atoms with Crippen LogP contribution in [0.25, 0.3) is 10.9 Å². The third-order valence-electron chi connectivity index (χ3n) is 3.42. The van der Waals surface area contributed by atoms with E-state index >= 15 is 0 Å². The monoisotopic (exact) mass is 251 g/mol. The van der Waals surface area contributed by atoms with Crippen LogP contribution in [0.4, 0.5) is 5.69 Å². The molecule has 1 heterocycles. The highest BCUT2D eigenvalue weighted by Crippen LogP contribution is 2.27. The molecule has 0 radical (unpaired) electrons. The lowest BCUT2D eigenvalue weighted by atomic mass is 10.0. The number of para-hydroxylation sites is 1. The second-order valence-corrected chi connectivity index (χ2v) is 4.66. The highest BCUT2D eigenvalue weighted by molar-refractivity contribution is 5.90. The third-order valence-corrected chi connectivity index (χ3v) is 3.42. The molecule has 96 valence electrons. The number of anilines is 1. The van der Waals surface area contributed by atoms with Gasteiger partial charge in [-0.05, 0) is 18.1 Å². The van der Waals surface area contributed by atoms with Crippen LogP contribution in [0.5, 0.6) is 0 Å². The molecule has 0 aliphatic heterocycles. The van der Waals surface area contributed by atoms with Crippen molar-refractivity contribution in [3.05, 3.63) is 60.3 Å². The topological polar surface area (TPSA) is 40.7 Å². The highest BCUT2D eigenvalue weighted by atomic mass is 15.1. The van der Waals surface area contributed by atoms with Gasteiger partial charge in [-0.1, -0.05) is 49.4 Å². The number of fused-ring (bicyclic) bond motifs is 1. The van der Waals surface area contributed by atoms with Gasteiger partial charge in [0, 0.05) is 5.39 Å². The first-order valence-corrected chi connectivity index (χ1v) is 6.62. The molecule has 3 nitrogen and oxygen atoms in total. The summed E-state index contributed by atoms with van der Waals surface area (Å²) in [5.41, 5.74) is 3.48. The van der Waals surface area contributed by atoms with E-state index in [0.29, 0.717) is 6.04 Å². The van der Waals surface area contributed by atoms with Gasteiger partial charge in [-0.3, -0.25) is 5.10 Å². The Morgan fingerprint density at radius 2 is 1.95 bits per heavy atom. The molecule has 3 rings (SSSR count). The lowest BCUT2D eigenvalue weighted by Crippen LogP contribution is -2.09. The smallest absolute Gasteiger partial charge is 0.0881 e. The van der Waals surface area contributed by atoms with Gasteiger partial charge in [0.1, 0.15) is 0 Å². The fourth-order valence-electron chi connectivity index (χ4n) is 2.38. The molecule has 1 aromatic heterocycles. The van der Waals surface area contributed by atoms with E-state index < -0.39 is 0 Å². The van der Waals surface area contributed by atoms with Crippen LogP contribution >= 0.6 is 0 Å². The summed E-state index contributed by atoms with van der Waals surface area (Å²) in [6.45, 7) is 2.19. The Morgan fingerprint density at radius 1 is 1.11 bits per heavy atom. The van der Waals surface area contributed by atoms with Gasteiger partial charge in [0.25, 0.3) is 0 Å². The van der Waals surface area contributed by atoms with E-state index in [0.717, 1.165) is 23.0 Å².